The van der Waals surface area contributed by atoms with Gasteiger partial charge in [-0.15, -0.1) is 0 Å². The van der Waals surface area contributed by atoms with Crippen molar-refractivity contribution in [1.29, 1.82) is 0 Å². The van der Waals surface area contributed by atoms with E-state index in [1.807, 2.05) is 25.4 Å². The van der Waals surface area contributed by atoms with Gasteiger partial charge in [-0.2, -0.15) is 0 Å². The lowest BCUT2D eigenvalue weighted by molar-refractivity contribution is 0.216. The molecule has 1 saturated heterocycles. The van der Waals surface area contributed by atoms with Crippen molar-refractivity contribution in [2.75, 3.05) is 26.7 Å². The number of aliphatic imine (C=N–C) groups is 1. The van der Waals surface area contributed by atoms with Crippen LogP contribution in [0.15, 0.2) is 59.7 Å². The van der Waals surface area contributed by atoms with Crippen LogP contribution in [0.4, 0.5) is 0 Å². The van der Waals surface area contributed by atoms with E-state index in [2.05, 4.69) is 63.5 Å². The maximum atomic E-state index is 4.52. The second kappa shape index (κ2) is 9.37. The van der Waals surface area contributed by atoms with Gasteiger partial charge in [-0.25, -0.2) is 0 Å². The molecule has 2 aromatic rings. The Labute approximate surface area is 157 Å². The first kappa shape index (κ1) is 18.4. The molecule has 138 valence electrons. The summed E-state index contributed by atoms with van der Waals surface area (Å²) in [6.07, 6.45) is 5.15. The summed E-state index contributed by atoms with van der Waals surface area (Å²) in [6, 6.07) is 17.1. The van der Waals surface area contributed by atoms with Gasteiger partial charge in [-0.05, 0) is 36.0 Å². The van der Waals surface area contributed by atoms with Crippen molar-refractivity contribution in [1.82, 2.24) is 15.2 Å². The fourth-order valence-corrected chi connectivity index (χ4v) is 3.96. The van der Waals surface area contributed by atoms with Gasteiger partial charge in [0.25, 0.3) is 0 Å². The van der Waals surface area contributed by atoms with E-state index in [9.17, 15) is 0 Å². The molecule has 4 heteroatoms. The summed E-state index contributed by atoms with van der Waals surface area (Å²) in [5.41, 5.74) is 2.60. The number of hydrogen-bond donors (Lipinski definition) is 1. The lowest BCUT2D eigenvalue weighted by Crippen LogP contribution is -2.48. The smallest absolute Gasteiger partial charge is 0.193 e. The van der Waals surface area contributed by atoms with E-state index in [1.165, 1.54) is 18.4 Å². The van der Waals surface area contributed by atoms with Gasteiger partial charge >= 0.3 is 0 Å². The average Bonchev–Trinajstić information content (AvgIpc) is 2.72. The Morgan fingerprint density at radius 2 is 2.00 bits per heavy atom. The summed E-state index contributed by atoms with van der Waals surface area (Å²) in [7, 11) is 1.88. The number of rotatable bonds is 5. The molecule has 1 fully saturated rings. The van der Waals surface area contributed by atoms with E-state index in [1.54, 1.807) is 0 Å². The second-order valence-corrected chi connectivity index (χ2v) is 6.97. The van der Waals surface area contributed by atoms with Gasteiger partial charge in [0.15, 0.2) is 5.96 Å². The Balaban J connectivity index is 1.57. The predicted molar refractivity (Wildman–Crippen MR) is 108 cm³/mol. The van der Waals surface area contributed by atoms with Crippen LogP contribution in [0.5, 0.6) is 0 Å². The largest absolute Gasteiger partial charge is 0.356 e. The van der Waals surface area contributed by atoms with E-state index in [0.717, 1.165) is 37.7 Å². The highest BCUT2D eigenvalue weighted by atomic mass is 15.3. The molecule has 1 aromatic heterocycles. The first-order chi connectivity index (χ1) is 12.8. The Bertz CT molecular complexity index is 684. The molecule has 1 aliphatic rings. The minimum Gasteiger partial charge on any atom is -0.356 e. The molecule has 1 N–H and O–H groups in total. The van der Waals surface area contributed by atoms with Gasteiger partial charge in [-0.1, -0.05) is 49.7 Å². The Morgan fingerprint density at radius 1 is 1.19 bits per heavy atom. The van der Waals surface area contributed by atoms with Crippen LogP contribution in [0, 0.1) is 5.92 Å². The second-order valence-electron chi connectivity index (χ2n) is 6.97. The highest BCUT2D eigenvalue weighted by Crippen LogP contribution is 2.34. The van der Waals surface area contributed by atoms with Crippen LogP contribution in [-0.2, 0) is 6.42 Å². The minimum atomic E-state index is 0.657. The predicted octanol–water partition coefficient (Wildman–Crippen LogP) is 3.72. The third-order valence-corrected chi connectivity index (χ3v) is 5.39. The molecular weight excluding hydrogens is 320 g/mol. The number of likely N-dealkylation sites (tertiary alicyclic amines) is 1. The fourth-order valence-electron chi connectivity index (χ4n) is 3.96. The molecule has 3 rings (SSSR count). The van der Waals surface area contributed by atoms with Gasteiger partial charge in [0.2, 0.25) is 0 Å². The monoisotopic (exact) mass is 350 g/mol. The quantitative estimate of drug-likeness (QED) is 0.660. The maximum absolute atomic E-state index is 4.52. The molecule has 0 saturated carbocycles. The minimum absolute atomic E-state index is 0.657. The topological polar surface area (TPSA) is 40.5 Å². The van der Waals surface area contributed by atoms with Crippen LogP contribution >= 0.6 is 0 Å². The molecule has 2 unspecified atom stereocenters. The highest BCUT2D eigenvalue weighted by molar-refractivity contribution is 5.80. The van der Waals surface area contributed by atoms with Crippen LogP contribution in [-0.4, -0.2) is 42.5 Å². The SMILES string of the molecule is CCC1CN(C(=NC)NCCc2ccccn2)CCC1c1ccccc1. The van der Waals surface area contributed by atoms with Crippen molar-refractivity contribution in [2.24, 2.45) is 10.9 Å². The van der Waals surface area contributed by atoms with Crippen molar-refractivity contribution in [3.05, 3.63) is 66.0 Å². The van der Waals surface area contributed by atoms with Crippen molar-refractivity contribution < 1.29 is 0 Å². The van der Waals surface area contributed by atoms with E-state index in [-0.39, 0.29) is 0 Å². The third kappa shape index (κ3) is 4.63. The standard InChI is InChI=1S/C22H30N4/c1-3-18-17-26(16-13-21(18)19-9-5-4-6-10-19)22(23-2)25-15-12-20-11-7-8-14-24-20/h4-11,14,18,21H,3,12-13,15-17H2,1-2H3,(H,23,25). The van der Waals surface area contributed by atoms with Crippen LogP contribution in [0.1, 0.15) is 36.9 Å². The zero-order chi connectivity index (χ0) is 18.2. The van der Waals surface area contributed by atoms with E-state index >= 15 is 0 Å². The van der Waals surface area contributed by atoms with Crippen molar-refractivity contribution in [3.8, 4) is 0 Å². The summed E-state index contributed by atoms with van der Waals surface area (Å²) in [5.74, 6) is 2.34. The van der Waals surface area contributed by atoms with Crippen molar-refractivity contribution in [3.63, 3.8) is 0 Å². The summed E-state index contributed by atoms with van der Waals surface area (Å²) in [4.78, 5) is 11.3. The van der Waals surface area contributed by atoms with E-state index < -0.39 is 0 Å². The van der Waals surface area contributed by atoms with Crippen molar-refractivity contribution in [2.45, 2.75) is 32.1 Å². The first-order valence-corrected chi connectivity index (χ1v) is 9.72. The maximum Gasteiger partial charge on any atom is 0.193 e. The molecule has 1 aliphatic heterocycles. The molecule has 0 aliphatic carbocycles. The summed E-state index contributed by atoms with van der Waals surface area (Å²) in [5, 5.41) is 3.52. The number of guanidine groups is 1. The summed E-state index contributed by atoms with van der Waals surface area (Å²) >= 11 is 0. The first-order valence-electron chi connectivity index (χ1n) is 9.72. The Kier molecular flexibility index (Phi) is 6.64. The zero-order valence-electron chi connectivity index (χ0n) is 15.9. The van der Waals surface area contributed by atoms with Crippen molar-refractivity contribution >= 4 is 5.96 Å². The molecular formula is C22H30N4. The molecule has 2 heterocycles. The van der Waals surface area contributed by atoms with Gasteiger partial charge in [-0.3, -0.25) is 9.98 Å². The van der Waals surface area contributed by atoms with Gasteiger partial charge in [0.05, 0.1) is 0 Å². The summed E-state index contributed by atoms with van der Waals surface area (Å²) < 4.78 is 0. The van der Waals surface area contributed by atoms with Crippen LogP contribution in [0.2, 0.25) is 0 Å². The molecule has 0 bridgehead atoms. The highest BCUT2D eigenvalue weighted by Gasteiger charge is 2.30. The Morgan fingerprint density at radius 3 is 2.69 bits per heavy atom. The zero-order valence-corrected chi connectivity index (χ0v) is 15.9. The molecule has 4 nitrogen and oxygen atoms in total. The lowest BCUT2D eigenvalue weighted by atomic mass is 9.79. The Hall–Kier alpha value is -2.36. The average molecular weight is 351 g/mol. The number of benzene rings is 1. The normalized spacial score (nSPS) is 20.8. The number of aromatic nitrogens is 1. The van der Waals surface area contributed by atoms with E-state index in [0.29, 0.717) is 11.8 Å². The van der Waals surface area contributed by atoms with Crippen LogP contribution in [0.25, 0.3) is 0 Å². The van der Waals surface area contributed by atoms with E-state index in [4.69, 9.17) is 0 Å². The number of hydrogen-bond acceptors (Lipinski definition) is 2. The lowest BCUT2D eigenvalue weighted by Gasteiger charge is -2.40. The molecule has 1 aromatic carbocycles. The molecule has 0 spiro atoms. The number of pyridine rings is 1. The molecule has 0 amide bonds. The fraction of sp³-hybridized carbons (Fsp3) is 0.455. The number of nitrogens with zero attached hydrogens (tertiary/aromatic N) is 3. The summed E-state index contributed by atoms with van der Waals surface area (Å²) in [6.45, 7) is 5.29. The van der Waals surface area contributed by atoms with Gasteiger partial charge in [0, 0.05) is 45.0 Å². The third-order valence-electron chi connectivity index (χ3n) is 5.39. The van der Waals surface area contributed by atoms with Gasteiger partial charge < -0.3 is 10.2 Å². The number of nitrogens with one attached hydrogen (secondary N) is 1. The van der Waals surface area contributed by atoms with Crippen LogP contribution < -0.4 is 5.32 Å². The molecule has 0 radical (unpaired) electrons. The van der Waals surface area contributed by atoms with Gasteiger partial charge in [0.1, 0.15) is 0 Å². The van der Waals surface area contributed by atoms with Crippen LogP contribution in [0.3, 0.4) is 0 Å². The molecule has 26 heavy (non-hydrogen) atoms. The molecule has 2 atom stereocenters. The number of piperidine rings is 1.